The van der Waals surface area contributed by atoms with E-state index < -0.39 is 5.97 Å². The molecule has 2 aliphatic heterocycles. The average Bonchev–Trinajstić information content (AvgIpc) is 3.84. The summed E-state index contributed by atoms with van der Waals surface area (Å²) in [6.45, 7) is 15.5. The van der Waals surface area contributed by atoms with Crippen molar-refractivity contribution in [1.82, 2.24) is 0 Å². The minimum Gasteiger partial charge on any atom is -0.456 e. The third-order valence-electron chi connectivity index (χ3n) is 14.0. The van der Waals surface area contributed by atoms with Crippen molar-refractivity contribution in [3.8, 4) is 11.1 Å². The second kappa shape index (κ2) is 17.1. The lowest BCUT2D eigenvalue weighted by Gasteiger charge is -2.45. The van der Waals surface area contributed by atoms with Crippen LogP contribution in [0.25, 0.3) is 34.2 Å². The molecule has 0 spiro atoms. The first-order valence-electron chi connectivity index (χ1n) is 23.7. The van der Waals surface area contributed by atoms with Gasteiger partial charge in [0.1, 0.15) is 11.3 Å². The third-order valence-corrected chi connectivity index (χ3v) is 14.0. The fraction of sp³-hybridized carbons (Fsp3) is 0.0968. The Balaban J connectivity index is 0.00000174. The van der Waals surface area contributed by atoms with E-state index in [2.05, 4.69) is 181 Å². The molecule has 8 heteroatoms. The van der Waals surface area contributed by atoms with Gasteiger partial charge in [0.25, 0.3) is 6.71 Å². The molecule has 3 N–H and O–H groups in total. The zero-order chi connectivity index (χ0) is 48.5. The van der Waals surface area contributed by atoms with E-state index in [9.17, 15) is 15.3 Å². The van der Waals surface area contributed by atoms with Crippen molar-refractivity contribution in [3.05, 3.63) is 229 Å². The molecular formula is C62H52BN3O4. The number of rotatable bonds is 8. The van der Waals surface area contributed by atoms with E-state index in [1.807, 2.05) is 50.3 Å². The SMILES string of the molecule is C=CC.C=Cc1oc2cc(N3c4ccccc4B4c5ccc(N(c6ccccc6)c6ccccc6)cc5N(c5ccc6c(c5)C(C)(C)c5ccccc5-6)c5cc(C(O)(O)O)cc3c54)ccc2c1/C=C\C. The van der Waals surface area contributed by atoms with E-state index in [1.165, 1.54) is 22.3 Å². The van der Waals surface area contributed by atoms with Crippen molar-refractivity contribution >= 4 is 97.4 Å². The molecule has 0 amide bonds. The van der Waals surface area contributed by atoms with E-state index in [0.717, 1.165) is 67.1 Å². The first-order valence-corrected chi connectivity index (χ1v) is 23.7. The molecule has 0 saturated carbocycles. The Bertz CT molecular complexity index is 3510. The maximum Gasteiger partial charge on any atom is 0.304 e. The number of allylic oxidation sites excluding steroid dienone is 2. The van der Waals surface area contributed by atoms with Crippen molar-refractivity contribution in [2.45, 2.75) is 39.1 Å². The predicted octanol–water partition coefficient (Wildman–Crippen LogP) is 13.2. The first-order chi connectivity index (χ1) is 34.0. The zero-order valence-corrected chi connectivity index (χ0v) is 39.6. The van der Waals surface area contributed by atoms with E-state index >= 15 is 0 Å². The topological polar surface area (TPSA) is 83.6 Å². The quantitative estimate of drug-likeness (QED) is 0.0796. The number of furan rings is 1. The van der Waals surface area contributed by atoms with E-state index in [0.29, 0.717) is 22.7 Å². The number of nitrogens with zero attached hydrogens (tertiary/aromatic N) is 3. The van der Waals surface area contributed by atoms with Gasteiger partial charge in [0.05, 0.1) is 0 Å². The summed E-state index contributed by atoms with van der Waals surface area (Å²) in [5.74, 6) is -2.48. The Labute approximate surface area is 409 Å². The highest BCUT2D eigenvalue weighted by Crippen LogP contribution is 2.52. The molecule has 7 nitrogen and oxygen atoms in total. The van der Waals surface area contributed by atoms with Crippen LogP contribution >= 0.6 is 0 Å². The van der Waals surface area contributed by atoms with Crippen molar-refractivity contribution in [2.24, 2.45) is 0 Å². The summed E-state index contributed by atoms with van der Waals surface area (Å²) in [7, 11) is 0. The van der Waals surface area contributed by atoms with Gasteiger partial charge in [-0.15, -0.1) is 6.58 Å². The summed E-state index contributed by atoms with van der Waals surface area (Å²) < 4.78 is 6.43. The molecule has 0 fully saturated rings. The number of hydrogen-bond donors (Lipinski definition) is 3. The zero-order valence-electron chi connectivity index (χ0n) is 39.6. The van der Waals surface area contributed by atoms with Gasteiger partial charge in [-0.3, -0.25) is 0 Å². The van der Waals surface area contributed by atoms with Crippen LogP contribution in [0.5, 0.6) is 0 Å². The molecule has 0 radical (unpaired) electrons. The fourth-order valence-electron chi connectivity index (χ4n) is 11.0. The largest absolute Gasteiger partial charge is 0.456 e. The average molecular weight is 914 g/mol. The highest BCUT2D eigenvalue weighted by molar-refractivity contribution is 7.00. The second-order valence-electron chi connectivity index (χ2n) is 18.5. The Morgan fingerprint density at radius 2 is 1.17 bits per heavy atom. The number of fused-ring (bicyclic) bond motifs is 8. The Hall–Kier alpha value is -8.14. The maximum absolute atomic E-state index is 11.3. The highest BCUT2D eigenvalue weighted by Gasteiger charge is 2.45. The third kappa shape index (κ3) is 7.02. The van der Waals surface area contributed by atoms with Crippen LogP contribution in [0.2, 0.25) is 0 Å². The highest BCUT2D eigenvalue weighted by atomic mass is 16.7. The minimum atomic E-state index is -3.17. The summed E-state index contributed by atoms with van der Waals surface area (Å²) in [5, 5.41) is 34.7. The summed E-state index contributed by atoms with van der Waals surface area (Å²) in [6.07, 6.45) is 7.50. The van der Waals surface area contributed by atoms with Gasteiger partial charge in [0.2, 0.25) is 0 Å². The molecule has 70 heavy (non-hydrogen) atoms. The van der Waals surface area contributed by atoms with Gasteiger partial charge in [-0.1, -0.05) is 130 Å². The van der Waals surface area contributed by atoms with E-state index in [-0.39, 0.29) is 17.7 Å². The van der Waals surface area contributed by atoms with Crippen molar-refractivity contribution in [2.75, 3.05) is 14.7 Å². The number of para-hydroxylation sites is 3. The standard InChI is InChI=1S/C59H46BN3O4.C3H6/c1-5-17-45-46-30-27-42(36-56(46)67-55(45)6-2)62-51-25-16-15-24-49(51)60-50-31-28-41(61(38-18-9-7-10-19-38)39-20-11-8-12-21-39)35-52(50)63(54-33-37(59(64,65)66)32-53(62)57(54)60)40-26-29-44-43-22-13-14-23-47(43)58(3,4)48(44)34-40;1-3-2/h5-36,64-66H,2H2,1,3-4H3;3H,1H2,2H3/b17-5-;. The monoisotopic (exact) mass is 913 g/mol. The number of anilines is 9. The Morgan fingerprint density at radius 3 is 1.84 bits per heavy atom. The first kappa shape index (κ1) is 44.4. The molecule has 3 aliphatic rings. The van der Waals surface area contributed by atoms with Gasteiger partial charge >= 0.3 is 5.97 Å². The lowest BCUT2D eigenvalue weighted by atomic mass is 9.33. The van der Waals surface area contributed by atoms with Gasteiger partial charge in [0, 0.05) is 79.2 Å². The number of benzene rings is 8. The molecule has 0 bridgehead atoms. The lowest BCUT2D eigenvalue weighted by molar-refractivity contribution is -0.323. The molecule has 12 rings (SSSR count). The van der Waals surface area contributed by atoms with Gasteiger partial charge in [-0.25, -0.2) is 0 Å². The number of hydrogen-bond acceptors (Lipinski definition) is 7. The molecule has 0 saturated heterocycles. The van der Waals surface area contributed by atoms with Crippen molar-refractivity contribution in [1.29, 1.82) is 0 Å². The maximum atomic E-state index is 11.3. The molecule has 0 atom stereocenters. The minimum absolute atomic E-state index is 0.0681. The van der Waals surface area contributed by atoms with Crippen molar-refractivity contribution < 1.29 is 19.7 Å². The Kier molecular flexibility index (Phi) is 10.9. The van der Waals surface area contributed by atoms with Crippen molar-refractivity contribution in [3.63, 3.8) is 0 Å². The predicted molar refractivity (Wildman–Crippen MR) is 291 cm³/mol. The molecule has 1 aliphatic carbocycles. The smallest absolute Gasteiger partial charge is 0.304 e. The van der Waals surface area contributed by atoms with Crippen LogP contribution < -0.4 is 31.1 Å². The van der Waals surface area contributed by atoms with Gasteiger partial charge in [-0.05, 0) is 137 Å². The van der Waals surface area contributed by atoms with E-state index in [4.69, 9.17) is 4.42 Å². The molecule has 0 unspecified atom stereocenters. The fourth-order valence-corrected chi connectivity index (χ4v) is 11.0. The van der Waals surface area contributed by atoms with Gasteiger partial charge in [-0.2, -0.15) is 0 Å². The summed E-state index contributed by atoms with van der Waals surface area (Å²) in [5.41, 5.74) is 17.2. The van der Waals surface area contributed by atoms with Crippen LogP contribution in [-0.4, -0.2) is 22.0 Å². The molecule has 342 valence electrons. The normalized spacial score (nSPS) is 13.7. The van der Waals surface area contributed by atoms with Gasteiger partial charge < -0.3 is 34.4 Å². The summed E-state index contributed by atoms with van der Waals surface area (Å²) in [6, 6.07) is 60.8. The van der Waals surface area contributed by atoms with Crippen LogP contribution in [0.1, 0.15) is 55.7 Å². The van der Waals surface area contributed by atoms with Crippen LogP contribution in [-0.2, 0) is 11.4 Å². The summed E-state index contributed by atoms with van der Waals surface area (Å²) in [4.78, 5) is 6.66. The van der Waals surface area contributed by atoms with E-state index in [1.54, 1.807) is 24.3 Å². The molecule has 8 aromatic carbocycles. The summed E-state index contributed by atoms with van der Waals surface area (Å²) >= 11 is 0. The molecule has 3 heterocycles. The van der Waals surface area contributed by atoms with Crippen LogP contribution in [0.15, 0.2) is 206 Å². The second-order valence-corrected chi connectivity index (χ2v) is 18.5. The molecular weight excluding hydrogens is 862 g/mol. The van der Waals surface area contributed by atoms with Gasteiger partial charge in [0.15, 0.2) is 0 Å². The van der Waals surface area contributed by atoms with Crippen LogP contribution in [0, 0.1) is 0 Å². The Morgan fingerprint density at radius 1 is 0.586 bits per heavy atom. The lowest BCUT2D eigenvalue weighted by Crippen LogP contribution is -2.61. The van der Waals surface area contributed by atoms with Crippen LogP contribution in [0.3, 0.4) is 0 Å². The molecule has 1 aromatic heterocycles. The van der Waals surface area contributed by atoms with Crippen LogP contribution in [0.4, 0.5) is 51.2 Å². The number of aliphatic hydroxyl groups is 3. The molecule has 9 aromatic rings.